The van der Waals surface area contributed by atoms with Crippen molar-refractivity contribution in [2.45, 2.75) is 0 Å². The van der Waals surface area contributed by atoms with Crippen LogP contribution in [0.3, 0.4) is 0 Å². The van der Waals surface area contributed by atoms with Gasteiger partial charge in [-0.2, -0.15) is 0 Å². The van der Waals surface area contributed by atoms with Crippen molar-refractivity contribution in [1.29, 1.82) is 0 Å². The largest absolute Gasteiger partial charge is 0.465 e. The van der Waals surface area contributed by atoms with Crippen molar-refractivity contribution in [3.8, 4) is 11.1 Å². The van der Waals surface area contributed by atoms with Crippen LogP contribution in [0.25, 0.3) is 11.1 Å². The van der Waals surface area contributed by atoms with Crippen LogP contribution in [0.1, 0.15) is 10.4 Å². The molecule has 2 rings (SSSR count). The van der Waals surface area contributed by atoms with Gasteiger partial charge in [0.15, 0.2) is 23.3 Å². The van der Waals surface area contributed by atoms with Gasteiger partial charge in [-0.1, -0.05) is 12.1 Å². The number of hydrogen-bond donors (Lipinski definition) is 0. The summed E-state index contributed by atoms with van der Waals surface area (Å²) in [6.07, 6.45) is 0. The number of methoxy groups -OCH3 is 1. The van der Waals surface area contributed by atoms with E-state index in [4.69, 9.17) is 0 Å². The first-order chi connectivity index (χ1) is 9.45. The molecule has 0 aliphatic heterocycles. The highest BCUT2D eigenvalue weighted by Gasteiger charge is 2.21. The van der Waals surface area contributed by atoms with Crippen molar-refractivity contribution >= 4 is 5.97 Å². The Hall–Kier alpha value is -2.37. The van der Waals surface area contributed by atoms with E-state index in [0.29, 0.717) is 12.1 Å². The van der Waals surface area contributed by atoms with Gasteiger partial charge in [-0.25, -0.2) is 22.4 Å². The highest BCUT2D eigenvalue weighted by molar-refractivity contribution is 5.97. The summed E-state index contributed by atoms with van der Waals surface area (Å²) in [5.74, 6) is -5.98. The van der Waals surface area contributed by atoms with Crippen LogP contribution in [0.5, 0.6) is 0 Å². The minimum atomic E-state index is -1.29. The molecule has 0 saturated heterocycles. The van der Waals surface area contributed by atoms with Crippen molar-refractivity contribution < 1.29 is 27.1 Å². The van der Waals surface area contributed by atoms with Crippen LogP contribution in [0, 0.1) is 23.3 Å². The molecule has 2 nitrogen and oxygen atoms in total. The van der Waals surface area contributed by atoms with Crippen molar-refractivity contribution in [3.63, 3.8) is 0 Å². The molecule has 0 fully saturated rings. The molecule has 0 atom stereocenters. The average molecular weight is 284 g/mol. The minimum absolute atomic E-state index is 0.284. The Labute approximate surface area is 111 Å². The van der Waals surface area contributed by atoms with Crippen LogP contribution in [-0.2, 0) is 4.74 Å². The number of rotatable bonds is 2. The van der Waals surface area contributed by atoms with Gasteiger partial charge in [0.25, 0.3) is 0 Å². The Balaban J connectivity index is 2.75. The molecule has 0 spiro atoms. The highest BCUT2D eigenvalue weighted by Crippen LogP contribution is 2.30. The number of esters is 1. The van der Waals surface area contributed by atoms with E-state index < -0.39 is 34.8 Å². The molecule has 0 radical (unpaired) electrons. The van der Waals surface area contributed by atoms with Crippen molar-refractivity contribution in [2.24, 2.45) is 0 Å². The molecule has 0 aliphatic rings. The van der Waals surface area contributed by atoms with E-state index in [1.165, 1.54) is 6.07 Å². The zero-order valence-corrected chi connectivity index (χ0v) is 10.2. The molecule has 0 aliphatic carbocycles. The molecule has 0 saturated carbocycles. The molecule has 6 heteroatoms. The molecule has 0 unspecified atom stereocenters. The standard InChI is InChI=1S/C14H8F4O2/c1-20-14(19)9-6-12(17)11(16)5-8(9)7-3-2-4-10(15)13(7)18/h2-6H,1H3. The molecule has 0 bridgehead atoms. The average Bonchev–Trinajstić information content (AvgIpc) is 2.43. The predicted molar refractivity (Wildman–Crippen MR) is 63.0 cm³/mol. The normalized spacial score (nSPS) is 10.4. The summed E-state index contributed by atoms with van der Waals surface area (Å²) in [5.41, 5.74) is -1.03. The molecule has 0 aromatic heterocycles. The first-order valence-corrected chi connectivity index (χ1v) is 5.47. The number of carbonyl (C=O) groups excluding carboxylic acids is 1. The fourth-order valence-corrected chi connectivity index (χ4v) is 1.76. The van der Waals surface area contributed by atoms with E-state index in [9.17, 15) is 22.4 Å². The Morgan fingerprint density at radius 2 is 1.60 bits per heavy atom. The SMILES string of the molecule is COC(=O)c1cc(F)c(F)cc1-c1cccc(F)c1F. The number of hydrogen-bond acceptors (Lipinski definition) is 2. The van der Waals surface area contributed by atoms with Gasteiger partial charge in [0.05, 0.1) is 12.7 Å². The summed E-state index contributed by atoms with van der Waals surface area (Å²) in [4.78, 5) is 11.5. The molecule has 0 heterocycles. The van der Waals surface area contributed by atoms with Gasteiger partial charge < -0.3 is 4.74 Å². The quantitative estimate of drug-likeness (QED) is 0.621. The molecular formula is C14H8F4O2. The third-order valence-electron chi connectivity index (χ3n) is 2.71. The zero-order valence-electron chi connectivity index (χ0n) is 10.2. The lowest BCUT2D eigenvalue weighted by Gasteiger charge is -2.10. The number of ether oxygens (including phenoxy) is 1. The molecule has 20 heavy (non-hydrogen) atoms. The third kappa shape index (κ3) is 2.36. The van der Waals surface area contributed by atoms with Crippen LogP contribution in [0.15, 0.2) is 30.3 Å². The van der Waals surface area contributed by atoms with Crippen LogP contribution in [0.2, 0.25) is 0 Å². The van der Waals surface area contributed by atoms with E-state index in [1.54, 1.807) is 0 Å². The minimum Gasteiger partial charge on any atom is -0.465 e. The van der Waals surface area contributed by atoms with Gasteiger partial charge in [0, 0.05) is 11.1 Å². The number of carbonyl (C=O) groups is 1. The maximum absolute atomic E-state index is 13.7. The molecule has 2 aromatic rings. The van der Waals surface area contributed by atoms with Gasteiger partial charge >= 0.3 is 5.97 Å². The summed E-state index contributed by atoms with van der Waals surface area (Å²) in [6, 6.07) is 4.42. The smallest absolute Gasteiger partial charge is 0.338 e. The molecular weight excluding hydrogens is 276 g/mol. The topological polar surface area (TPSA) is 26.3 Å². The van der Waals surface area contributed by atoms with Gasteiger partial charge in [-0.3, -0.25) is 0 Å². The van der Waals surface area contributed by atoms with Gasteiger partial charge in [0.2, 0.25) is 0 Å². The summed E-state index contributed by atoms with van der Waals surface area (Å²) < 4.78 is 57.8. The lowest BCUT2D eigenvalue weighted by molar-refractivity contribution is 0.0601. The molecule has 2 aromatic carbocycles. The zero-order chi connectivity index (χ0) is 14.9. The maximum Gasteiger partial charge on any atom is 0.338 e. The number of benzene rings is 2. The summed E-state index contributed by atoms with van der Waals surface area (Å²) in [6.45, 7) is 0. The number of halogens is 4. The van der Waals surface area contributed by atoms with Crippen LogP contribution in [-0.4, -0.2) is 13.1 Å². The van der Waals surface area contributed by atoms with Crippen molar-refractivity contribution in [1.82, 2.24) is 0 Å². The third-order valence-corrected chi connectivity index (χ3v) is 2.71. The second-order valence-corrected chi connectivity index (χ2v) is 3.90. The fraction of sp³-hybridized carbons (Fsp3) is 0.0714. The fourth-order valence-electron chi connectivity index (χ4n) is 1.76. The monoisotopic (exact) mass is 284 g/mol. The van der Waals surface area contributed by atoms with Crippen molar-refractivity contribution in [3.05, 3.63) is 59.2 Å². The van der Waals surface area contributed by atoms with E-state index in [0.717, 1.165) is 19.2 Å². The summed E-state index contributed by atoms with van der Waals surface area (Å²) in [7, 11) is 1.04. The molecule has 0 N–H and O–H groups in total. The van der Waals surface area contributed by atoms with E-state index in [-0.39, 0.29) is 11.1 Å². The molecule has 0 amide bonds. The first-order valence-electron chi connectivity index (χ1n) is 5.47. The van der Waals surface area contributed by atoms with E-state index in [1.807, 2.05) is 0 Å². The maximum atomic E-state index is 13.7. The van der Waals surface area contributed by atoms with Gasteiger partial charge in [0.1, 0.15) is 0 Å². The second kappa shape index (κ2) is 5.32. The lowest BCUT2D eigenvalue weighted by atomic mass is 9.98. The van der Waals surface area contributed by atoms with Crippen LogP contribution >= 0.6 is 0 Å². The van der Waals surface area contributed by atoms with Crippen LogP contribution < -0.4 is 0 Å². The highest BCUT2D eigenvalue weighted by atomic mass is 19.2. The Bertz CT molecular complexity index is 683. The van der Waals surface area contributed by atoms with Crippen LogP contribution in [0.4, 0.5) is 17.6 Å². The van der Waals surface area contributed by atoms with Gasteiger partial charge in [-0.15, -0.1) is 0 Å². The molecule has 104 valence electrons. The Morgan fingerprint density at radius 1 is 0.950 bits per heavy atom. The Kier molecular flexibility index (Phi) is 3.74. The second-order valence-electron chi connectivity index (χ2n) is 3.90. The predicted octanol–water partition coefficient (Wildman–Crippen LogP) is 3.70. The summed E-state index contributed by atoms with van der Waals surface area (Å²) in [5, 5.41) is 0. The first kappa shape index (κ1) is 14.0. The summed E-state index contributed by atoms with van der Waals surface area (Å²) >= 11 is 0. The Morgan fingerprint density at radius 3 is 2.25 bits per heavy atom. The lowest BCUT2D eigenvalue weighted by Crippen LogP contribution is -2.06. The van der Waals surface area contributed by atoms with E-state index in [2.05, 4.69) is 4.74 Å². The van der Waals surface area contributed by atoms with Gasteiger partial charge in [-0.05, 0) is 18.2 Å². The van der Waals surface area contributed by atoms with Crippen molar-refractivity contribution in [2.75, 3.05) is 7.11 Å². The van der Waals surface area contributed by atoms with E-state index >= 15 is 0 Å².